The quantitative estimate of drug-likeness (QED) is 0.908. The number of benzene rings is 1. The topological polar surface area (TPSA) is 51.2 Å². The number of nitrogens with one attached hydrogen (secondary N) is 1. The second-order valence-electron chi connectivity index (χ2n) is 4.65. The highest BCUT2D eigenvalue weighted by Crippen LogP contribution is 2.09. The number of pyridine rings is 1. The molecule has 2 rings (SSSR count). The van der Waals surface area contributed by atoms with Crippen LogP contribution in [0.5, 0.6) is 5.88 Å². The molecule has 0 radical (unpaired) electrons. The number of hydrogen-bond donors (Lipinski definition) is 1. The first-order valence-corrected chi connectivity index (χ1v) is 6.54. The fourth-order valence-electron chi connectivity index (χ4n) is 1.99. The molecule has 4 nitrogen and oxygen atoms in total. The van der Waals surface area contributed by atoms with Crippen LogP contribution in [0, 0.1) is 0 Å². The Bertz CT molecular complexity index is 570. The standard InChI is InChI=1S/C16H18N2O2/c1-12(10-13-6-4-3-5-7-13)18-16(19)14-8-9-17-15(11-14)20-2/h3-9,11-12H,10H2,1-2H3,(H,18,19). The van der Waals surface area contributed by atoms with Crippen LogP contribution >= 0.6 is 0 Å². The second kappa shape index (κ2) is 6.70. The summed E-state index contributed by atoms with van der Waals surface area (Å²) in [6.07, 6.45) is 2.37. The number of amides is 1. The summed E-state index contributed by atoms with van der Waals surface area (Å²) in [5, 5.41) is 2.97. The molecule has 1 N–H and O–H groups in total. The van der Waals surface area contributed by atoms with E-state index in [1.54, 1.807) is 18.3 Å². The van der Waals surface area contributed by atoms with E-state index in [-0.39, 0.29) is 11.9 Å². The van der Waals surface area contributed by atoms with E-state index in [4.69, 9.17) is 4.74 Å². The lowest BCUT2D eigenvalue weighted by Gasteiger charge is -2.14. The molecule has 1 unspecified atom stereocenters. The predicted molar refractivity (Wildman–Crippen MR) is 77.9 cm³/mol. The van der Waals surface area contributed by atoms with Crippen molar-refractivity contribution in [3.8, 4) is 5.88 Å². The summed E-state index contributed by atoms with van der Waals surface area (Å²) < 4.78 is 5.01. The maximum atomic E-state index is 12.1. The lowest BCUT2D eigenvalue weighted by atomic mass is 10.1. The summed E-state index contributed by atoms with van der Waals surface area (Å²) >= 11 is 0. The minimum Gasteiger partial charge on any atom is -0.481 e. The number of ether oxygens (including phenoxy) is 1. The van der Waals surface area contributed by atoms with Crippen molar-refractivity contribution in [3.05, 3.63) is 59.8 Å². The summed E-state index contributed by atoms with van der Waals surface area (Å²) in [6, 6.07) is 13.4. The average Bonchev–Trinajstić information content (AvgIpc) is 2.48. The lowest BCUT2D eigenvalue weighted by molar-refractivity contribution is 0.0939. The molecule has 4 heteroatoms. The minimum atomic E-state index is -0.117. The van der Waals surface area contributed by atoms with Crippen molar-refractivity contribution in [2.24, 2.45) is 0 Å². The molecule has 104 valence electrons. The largest absolute Gasteiger partial charge is 0.481 e. The van der Waals surface area contributed by atoms with Gasteiger partial charge in [-0.15, -0.1) is 0 Å². The predicted octanol–water partition coefficient (Wildman–Crippen LogP) is 2.45. The number of rotatable bonds is 5. The van der Waals surface area contributed by atoms with Gasteiger partial charge in [0.05, 0.1) is 7.11 Å². The third-order valence-corrected chi connectivity index (χ3v) is 2.97. The van der Waals surface area contributed by atoms with E-state index in [2.05, 4.69) is 22.4 Å². The van der Waals surface area contributed by atoms with Crippen molar-refractivity contribution in [2.75, 3.05) is 7.11 Å². The zero-order valence-corrected chi connectivity index (χ0v) is 11.7. The van der Waals surface area contributed by atoms with Gasteiger partial charge < -0.3 is 10.1 Å². The van der Waals surface area contributed by atoms with Gasteiger partial charge >= 0.3 is 0 Å². The van der Waals surface area contributed by atoms with E-state index in [1.807, 2.05) is 25.1 Å². The first-order chi connectivity index (χ1) is 9.69. The number of methoxy groups -OCH3 is 1. The van der Waals surface area contributed by atoms with Gasteiger partial charge in [0.25, 0.3) is 5.91 Å². The Morgan fingerprint density at radius 3 is 2.75 bits per heavy atom. The molecule has 0 aliphatic heterocycles. The summed E-state index contributed by atoms with van der Waals surface area (Å²) in [5.74, 6) is 0.322. The summed E-state index contributed by atoms with van der Waals surface area (Å²) in [6.45, 7) is 1.99. The number of aromatic nitrogens is 1. The number of hydrogen-bond acceptors (Lipinski definition) is 3. The molecule has 1 heterocycles. The molecule has 0 aliphatic carbocycles. The molecule has 1 atom stereocenters. The van der Waals surface area contributed by atoms with E-state index in [1.165, 1.54) is 12.7 Å². The van der Waals surface area contributed by atoms with Crippen LogP contribution in [0.3, 0.4) is 0 Å². The van der Waals surface area contributed by atoms with Crippen LogP contribution in [0.25, 0.3) is 0 Å². The Morgan fingerprint density at radius 2 is 2.05 bits per heavy atom. The maximum absolute atomic E-state index is 12.1. The van der Waals surface area contributed by atoms with Crippen LogP contribution in [0.2, 0.25) is 0 Å². The molecule has 2 aromatic rings. The zero-order chi connectivity index (χ0) is 14.4. The first kappa shape index (κ1) is 14.1. The molecular formula is C16H18N2O2. The van der Waals surface area contributed by atoms with Gasteiger partial charge in [0.15, 0.2) is 0 Å². The highest BCUT2D eigenvalue weighted by Gasteiger charge is 2.11. The van der Waals surface area contributed by atoms with Crippen molar-refractivity contribution < 1.29 is 9.53 Å². The van der Waals surface area contributed by atoms with Gasteiger partial charge in [0, 0.05) is 23.9 Å². The molecule has 0 spiro atoms. The normalized spacial score (nSPS) is 11.7. The van der Waals surface area contributed by atoms with Gasteiger partial charge in [-0.2, -0.15) is 0 Å². The number of carbonyl (C=O) groups excluding carboxylic acids is 1. The molecule has 0 fully saturated rings. The lowest BCUT2D eigenvalue weighted by Crippen LogP contribution is -2.34. The van der Waals surface area contributed by atoms with E-state index >= 15 is 0 Å². The molecule has 20 heavy (non-hydrogen) atoms. The van der Waals surface area contributed by atoms with Gasteiger partial charge in [-0.1, -0.05) is 30.3 Å². The zero-order valence-electron chi connectivity index (χ0n) is 11.7. The summed E-state index contributed by atoms with van der Waals surface area (Å²) in [5.41, 5.74) is 1.75. The molecule has 0 saturated carbocycles. The van der Waals surface area contributed by atoms with Crippen molar-refractivity contribution in [2.45, 2.75) is 19.4 Å². The van der Waals surface area contributed by atoms with Gasteiger partial charge in [0.2, 0.25) is 5.88 Å². The molecule has 0 bridgehead atoms. The minimum absolute atomic E-state index is 0.0593. The Morgan fingerprint density at radius 1 is 1.30 bits per heavy atom. The SMILES string of the molecule is COc1cc(C(=O)NC(C)Cc2ccccc2)ccn1. The van der Waals surface area contributed by atoms with Gasteiger partial charge in [-0.25, -0.2) is 4.98 Å². The summed E-state index contributed by atoms with van der Waals surface area (Å²) in [4.78, 5) is 16.1. The Labute approximate surface area is 118 Å². The third-order valence-electron chi connectivity index (χ3n) is 2.97. The van der Waals surface area contributed by atoms with Crippen molar-refractivity contribution in [3.63, 3.8) is 0 Å². The molecule has 0 aliphatic rings. The van der Waals surface area contributed by atoms with Crippen LogP contribution in [-0.4, -0.2) is 24.0 Å². The van der Waals surface area contributed by atoms with E-state index in [9.17, 15) is 4.79 Å². The number of carbonyl (C=O) groups is 1. The molecule has 0 saturated heterocycles. The fraction of sp³-hybridized carbons (Fsp3) is 0.250. The van der Waals surface area contributed by atoms with Crippen LogP contribution in [0.1, 0.15) is 22.8 Å². The fourth-order valence-corrected chi connectivity index (χ4v) is 1.99. The molecule has 1 aromatic heterocycles. The number of nitrogens with zero attached hydrogens (tertiary/aromatic N) is 1. The highest BCUT2D eigenvalue weighted by atomic mass is 16.5. The van der Waals surface area contributed by atoms with Crippen LogP contribution in [0.15, 0.2) is 48.7 Å². The van der Waals surface area contributed by atoms with E-state index in [0.29, 0.717) is 11.4 Å². The Hall–Kier alpha value is -2.36. The summed E-state index contributed by atoms with van der Waals surface area (Å²) in [7, 11) is 1.53. The van der Waals surface area contributed by atoms with Gasteiger partial charge in [0.1, 0.15) is 0 Å². The third kappa shape index (κ3) is 3.82. The van der Waals surface area contributed by atoms with Crippen molar-refractivity contribution in [1.82, 2.24) is 10.3 Å². The maximum Gasteiger partial charge on any atom is 0.251 e. The van der Waals surface area contributed by atoms with Gasteiger partial charge in [-0.05, 0) is 25.0 Å². The monoisotopic (exact) mass is 270 g/mol. The second-order valence-corrected chi connectivity index (χ2v) is 4.65. The molecule has 1 amide bonds. The van der Waals surface area contributed by atoms with E-state index in [0.717, 1.165) is 6.42 Å². The smallest absolute Gasteiger partial charge is 0.251 e. The van der Waals surface area contributed by atoms with Gasteiger partial charge in [-0.3, -0.25) is 4.79 Å². The Kier molecular flexibility index (Phi) is 4.71. The Balaban J connectivity index is 1.96. The van der Waals surface area contributed by atoms with Crippen LogP contribution in [0.4, 0.5) is 0 Å². The van der Waals surface area contributed by atoms with Crippen molar-refractivity contribution >= 4 is 5.91 Å². The highest BCUT2D eigenvalue weighted by molar-refractivity contribution is 5.94. The average molecular weight is 270 g/mol. The van der Waals surface area contributed by atoms with Crippen LogP contribution in [-0.2, 0) is 6.42 Å². The van der Waals surface area contributed by atoms with Crippen LogP contribution < -0.4 is 10.1 Å². The van der Waals surface area contributed by atoms with Crippen molar-refractivity contribution in [1.29, 1.82) is 0 Å². The van der Waals surface area contributed by atoms with E-state index < -0.39 is 0 Å². The first-order valence-electron chi connectivity index (χ1n) is 6.54. The molecule has 1 aromatic carbocycles. The molecular weight excluding hydrogens is 252 g/mol.